The van der Waals surface area contributed by atoms with E-state index in [1.165, 1.54) is 24.3 Å². The second kappa shape index (κ2) is 10.0. The first-order chi connectivity index (χ1) is 12.5. The van der Waals surface area contributed by atoms with Crippen LogP contribution in [0.1, 0.15) is 26.2 Å². The van der Waals surface area contributed by atoms with Crippen LogP contribution in [-0.2, 0) is 19.9 Å². The number of alkyl halides is 3. The van der Waals surface area contributed by atoms with Crippen LogP contribution in [-0.4, -0.2) is 45.4 Å². The summed E-state index contributed by atoms with van der Waals surface area (Å²) < 4.78 is 91.2. The highest BCUT2D eigenvalue weighted by Crippen LogP contribution is 2.38. The summed E-state index contributed by atoms with van der Waals surface area (Å²) in [6.45, 7) is 1.68. The maximum absolute atomic E-state index is 13.6. The number of sulfone groups is 1. The molecule has 2 atom stereocenters. The fourth-order valence-corrected chi connectivity index (χ4v) is 8.03. The lowest BCUT2D eigenvalue weighted by Crippen LogP contribution is -2.47. The Bertz CT molecular complexity index is 781. The van der Waals surface area contributed by atoms with E-state index in [0.29, 0.717) is 6.42 Å². The van der Waals surface area contributed by atoms with Crippen molar-refractivity contribution in [1.82, 2.24) is 0 Å². The summed E-state index contributed by atoms with van der Waals surface area (Å²) in [5.41, 5.74) is 0.0129. The van der Waals surface area contributed by atoms with Gasteiger partial charge in [-0.3, -0.25) is 4.72 Å². The van der Waals surface area contributed by atoms with Crippen LogP contribution < -0.4 is 4.72 Å². The van der Waals surface area contributed by atoms with E-state index in [-0.39, 0.29) is 17.9 Å². The van der Waals surface area contributed by atoms with Crippen molar-refractivity contribution in [3.05, 3.63) is 30.3 Å². The summed E-state index contributed by atoms with van der Waals surface area (Å²) in [5, 5.41) is 0. The van der Waals surface area contributed by atoms with E-state index in [1.807, 2.05) is 4.72 Å². The van der Waals surface area contributed by atoms with E-state index in [2.05, 4.69) is 0 Å². The molecule has 0 radical (unpaired) electrons. The van der Waals surface area contributed by atoms with E-state index < -0.39 is 48.7 Å². The van der Waals surface area contributed by atoms with Crippen LogP contribution >= 0.6 is 11.8 Å². The molecule has 0 heterocycles. The fourth-order valence-electron chi connectivity index (χ4n) is 2.55. The van der Waals surface area contributed by atoms with Crippen molar-refractivity contribution >= 4 is 37.3 Å². The molecule has 0 amide bonds. The van der Waals surface area contributed by atoms with E-state index in [9.17, 15) is 30.0 Å². The molecule has 0 aromatic heterocycles. The number of hydrogen-bond acceptors (Lipinski definition) is 5. The van der Waals surface area contributed by atoms with Crippen LogP contribution in [0, 0.1) is 5.92 Å². The molecule has 1 N–H and O–H groups in total. The number of nitrogens with one attached hydrogen (secondary N) is 1. The number of sulfonamides is 1. The minimum absolute atomic E-state index is 0.00910. The lowest BCUT2D eigenvalue weighted by Gasteiger charge is -2.29. The Balaban J connectivity index is 3.43. The first-order valence-corrected chi connectivity index (χ1v) is 12.9. The minimum Gasteiger partial charge on any atom is -0.282 e. The molecular weight excluding hydrogens is 423 g/mol. The van der Waals surface area contributed by atoms with Gasteiger partial charge in [-0.1, -0.05) is 31.5 Å². The van der Waals surface area contributed by atoms with Crippen molar-refractivity contribution in [2.75, 3.05) is 22.5 Å². The molecule has 0 fully saturated rings. The summed E-state index contributed by atoms with van der Waals surface area (Å²) in [7, 11) is -9.40. The van der Waals surface area contributed by atoms with Gasteiger partial charge in [0.05, 0.1) is 11.7 Å². The Morgan fingerprint density at radius 3 is 2.19 bits per heavy atom. The summed E-state index contributed by atoms with van der Waals surface area (Å²) in [6.07, 6.45) is -3.49. The van der Waals surface area contributed by atoms with Gasteiger partial charge in [0, 0.05) is 5.69 Å². The highest BCUT2D eigenvalue weighted by Gasteiger charge is 2.54. The second-order valence-electron chi connectivity index (χ2n) is 6.03. The molecule has 11 heteroatoms. The molecular formula is C16H24F3NO4S3. The molecule has 1 aromatic carbocycles. The first-order valence-electron chi connectivity index (χ1n) is 8.29. The molecule has 1 rings (SSSR count). The monoisotopic (exact) mass is 447 g/mol. The van der Waals surface area contributed by atoms with Gasteiger partial charge in [0.25, 0.3) is 10.0 Å². The number of unbranched alkanes of at least 4 members (excludes halogenated alkanes) is 1. The predicted molar refractivity (Wildman–Crippen MR) is 104 cm³/mol. The molecule has 0 saturated heterocycles. The molecule has 0 aliphatic carbocycles. The van der Waals surface area contributed by atoms with Crippen LogP contribution in [0.3, 0.4) is 0 Å². The van der Waals surface area contributed by atoms with Gasteiger partial charge in [0.1, 0.15) is 0 Å². The molecule has 1 aromatic rings. The van der Waals surface area contributed by atoms with Gasteiger partial charge in [-0.25, -0.2) is 16.8 Å². The summed E-state index contributed by atoms with van der Waals surface area (Å²) in [5.74, 6) is -3.13. The zero-order valence-corrected chi connectivity index (χ0v) is 17.5. The average molecular weight is 448 g/mol. The molecule has 0 aliphatic rings. The van der Waals surface area contributed by atoms with Crippen LogP contribution in [0.2, 0.25) is 0 Å². The standard InChI is InChI=1S/C16H24F3NO4S3/c1-3-4-12-26(21,22)15(14(10-11-25-2)16(17,18)19)27(23,24)20-13-8-6-5-7-9-13/h5-9,14-15,20H,3-4,10-12H2,1-2H3. The smallest absolute Gasteiger partial charge is 0.282 e. The normalized spacial score (nSPS) is 15.3. The topological polar surface area (TPSA) is 80.3 Å². The van der Waals surface area contributed by atoms with Crippen molar-refractivity contribution < 1.29 is 30.0 Å². The van der Waals surface area contributed by atoms with Crippen LogP contribution in [0.25, 0.3) is 0 Å². The zero-order chi connectivity index (χ0) is 20.7. The van der Waals surface area contributed by atoms with Gasteiger partial charge in [-0.2, -0.15) is 24.9 Å². The highest BCUT2D eigenvalue weighted by molar-refractivity contribution is 8.09. The summed E-state index contributed by atoms with van der Waals surface area (Å²) in [4.78, 5) is 0. The first kappa shape index (κ1) is 24.1. The summed E-state index contributed by atoms with van der Waals surface area (Å²) >= 11 is 1.10. The van der Waals surface area contributed by atoms with Crippen molar-refractivity contribution in [1.29, 1.82) is 0 Å². The largest absolute Gasteiger partial charge is 0.394 e. The molecule has 0 aliphatic heterocycles. The molecule has 156 valence electrons. The van der Waals surface area contributed by atoms with Crippen molar-refractivity contribution in [3.63, 3.8) is 0 Å². The molecule has 0 spiro atoms. The van der Waals surface area contributed by atoms with Crippen LogP contribution in [0.5, 0.6) is 0 Å². The predicted octanol–water partition coefficient (Wildman–Crippen LogP) is 3.90. The Morgan fingerprint density at radius 2 is 1.70 bits per heavy atom. The number of rotatable bonds is 11. The van der Waals surface area contributed by atoms with E-state index in [0.717, 1.165) is 11.8 Å². The lowest BCUT2D eigenvalue weighted by molar-refractivity contribution is -0.171. The van der Waals surface area contributed by atoms with Crippen LogP contribution in [0.15, 0.2) is 30.3 Å². The fraction of sp³-hybridized carbons (Fsp3) is 0.625. The second-order valence-corrected chi connectivity index (χ2v) is 11.4. The Kier molecular flexibility index (Phi) is 8.94. The Morgan fingerprint density at radius 1 is 1.11 bits per heavy atom. The molecule has 5 nitrogen and oxygen atoms in total. The average Bonchev–Trinajstić information content (AvgIpc) is 2.55. The van der Waals surface area contributed by atoms with Crippen molar-refractivity contribution in [2.45, 2.75) is 36.9 Å². The summed E-state index contributed by atoms with van der Waals surface area (Å²) in [6, 6.07) is 7.28. The van der Waals surface area contributed by atoms with Crippen molar-refractivity contribution in [2.24, 2.45) is 5.92 Å². The Hall–Kier alpha value is -0.940. The number of para-hydroxylation sites is 1. The Labute approximate surface area is 163 Å². The van der Waals surface area contributed by atoms with Gasteiger partial charge < -0.3 is 0 Å². The number of halogens is 3. The molecule has 0 saturated carbocycles. The van der Waals surface area contributed by atoms with E-state index >= 15 is 0 Å². The van der Waals surface area contributed by atoms with E-state index in [1.54, 1.807) is 19.2 Å². The maximum Gasteiger partial charge on any atom is 0.394 e. The number of anilines is 1. The number of hydrogen-bond donors (Lipinski definition) is 1. The molecule has 27 heavy (non-hydrogen) atoms. The van der Waals surface area contributed by atoms with Gasteiger partial charge in [-0.05, 0) is 37.0 Å². The van der Waals surface area contributed by atoms with Gasteiger partial charge in [-0.15, -0.1) is 0 Å². The third kappa shape index (κ3) is 7.19. The molecule has 0 bridgehead atoms. The van der Waals surface area contributed by atoms with Gasteiger partial charge in [0.2, 0.25) is 0 Å². The van der Waals surface area contributed by atoms with Gasteiger partial charge in [0.15, 0.2) is 14.4 Å². The third-order valence-electron chi connectivity index (χ3n) is 3.86. The molecule has 2 unspecified atom stereocenters. The number of benzene rings is 1. The third-order valence-corrected chi connectivity index (χ3v) is 9.50. The quantitative estimate of drug-likeness (QED) is 0.556. The maximum atomic E-state index is 13.6. The lowest BCUT2D eigenvalue weighted by atomic mass is 10.1. The highest BCUT2D eigenvalue weighted by atomic mass is 32.3. The van der Waals surface area contributed by atoms with Crippen molar-refractivity contribution in [3.8, 4) is 0 Å². The minimum atomic E-state index is -4.97. The SMILES string of the molecule is CCCCS(=O)(=O)C(C(CCSC)C(F)(F)F)S(=O)(=O)Nc1ccccc1. The zero-order valence-electron chi connectivity index (χ0n) is 15.1. The number of thioether (sulfide) groups is 1. The van der Waals surface area contributed by atoms with E-state index in [4.69, 9.17) is 0 Å². The van der Waals surface area contributed by atoms with Crippen LogP contribution in [0.4, 0.5) is 18.9 Å². The van der Waals surface area contributed by atoms with Gasteiger partial charge >= 0.3 is 6.18 Å².